The summed E-state index contributed by atoms with van der Waals surface area (Å²) < 4.78 is 58.6. The second kappa shape index (κ2) is 13.1. The van der Waals surface area contributed by atoms with Crippen molar-refractivity contribution in [2.75, 3.05) is 25.6 Å². The van der Waals surface area contributed by atoms with Gasteiger partial charge in [0.25, 0.3) is 0 Å². The normalized spacial score (nSPS) is 24.4. The molecule has 13 nitrogen and oxygen atoms in total. The average molecular weight is 513 g/mol. The molecule has 0 radical (unpaired) electrons. The van der Waals surface area contributed by atoms with E-state index in [2.05, 4.69) is 4.98 Å². The van der Waals surface area contributed by atoms with Gasteiger partial charge in [-0.25, -0.2) is 13.9 Å². The Bertz CT molecular complexity index is 898. The summed E-state index contributed by atoms with van der Waals surface area (Å²) in [6, 6.07) is 1.39. The number of unbranched alkanes of at least 4 members (excludes halogenated alkanes) is 2. The molecule has 2 unspecified atom stereocenters. The third-order valence-electron chi connectivity index (χ3n) is 4.48. The number of rotatable bonds is 15. The minimum Gasteiger partial charge on any atom is -0.383 e. The van der Waals surface area contributed by atoms with Crippen LogP contribution < -0.4 is 11.4 Å². The van der Waals surface area contributed by atoms with Gasteiger partial charge in [-0.2, -0.15) is 4.98 Å². The Morgan fingerprint density at radius 3 is 2.42 bits per heavy atom. The van der Waals surface area contributed by atoms with E-state index in [1.54, 1.807) is 6.92 Å². The highest BCUT2D eigenvalue weighted by Gasteiger charge is 2.46. The van der Waals surface area contributed by atoms with Gasteiger partial charge in [0, 0.05) is 12.6 Å². The molecule has 1 fully saturated rings. The molecule has 1 aliphatic rings. The monoisotopic (exact) mass is 513 g/mol. The highest BCUT2D eigenvalue weighted by molar-refractivity contribution is 7.48. The fraction of sp³-hybridized carbons (Fsp3) is 0.778. The minimum absolute atomic E-state index is 0.00567. The molecule has 0 saturated carbocycles. The molecule has 0 bridgehead atoms. The van der Waals surface area contributed by atoms with Gasteiger partial charge in [0.2, 0.25) is 0 Å². The topological polar surface area (TPSA) is 171 Å². The molecule has 1 aromatic rings. The first kappa shape index (κ1) is 28.1. The lowest BCUT2D eigenvalue weighted by Crippen LogP contribution is -2.28. The van der Waals surface area contributed by atoms with Crippen LogP contribution in [0.5, 0.6) is 0 Å². The third-order valence-corrected chi connectivity index (χ3v) is 7.06. The molecular formula is C18H33N3O10P2. The summed E-state index contributed by atoms with van der Waals surface area (Å²) in [6.45, 7) is 5.56. The maximum Gasteiger partial charge on any atom is 0.477 e. The number of nitrogen functional groups attached to an aromatic ring is 1. The van der Waals surface area contributed by atoms with Crippen molar-refractivity contribution in [1.82, 2.24) is 9.55 Å². The highest BCUT2D eigenvalue weighted by Crippen LogP contribution is 2.55. The number of aromatic nitrogens is 2. The quantitative estimate of drug-likeness (QED) is 0.259. The number of anilines is 1. The number of hydrogen-bond acceptors (Lipinski definition) is 11. The first-order valence-corrected chi connectivity index (χ1v) is 13.8. The maximum absolute atomic E-state index is 13.1. The van der Waals surface area contributed by atoms with E-state index in [1.165, 1.54) is 12.3 Å². The Kier molecular flexibility index (Phi) is 11.1. The number of phosphoric ester groups is 2. The van der Waals surface area contributed by atoms with Gasteiger partial charge < -0.3 is 15.4 Å². The molecule has 5 atom stereocenters. The first-order valence-electron chi connectivity index (χ1n) is 10.9. The van der Waals surface area contributed by atoms with Crippen LogP contribution in [0.2, 0.25) is 0 Å². The van der Waals surface area contributed by atoms with Crippen LogP contribution in [0, 0.1) is 0 Å². The fourth-order valence-corrected chi connectivity index (χ4v) is 5.10. The third kappa shape index (κ3) is 8.86. The minimum atomic E-state index is -4.51. The smallest absolute Gasteiger partial charge is 0.383 e. The number of hydrogen-bond donors (Lipinski definition) is 2. The molecule has 190 valence electrons. The van der Waals surface area contributed by atoms with E-state index in [0.717, 1.165) is 17.4 Å². The number of ether oxygens (including phenoxy) is 1. The number of phosphoric acid groups is 2. The zero-order valence-electron chi connectivity index (χ0n) is 19.0. The molecule has 0 aromatic carbocycles. The summed E-state index contributed by atoms with van der Waals surface area (Å²) in [5.41, 5.74) is 4.82. The molecule has 1 saturated heterocycles. The van der Waals surface area contributed by atoms with Crippen molar-refractivity contribution in [3.63, 3.8) is 0 Å². The van der Waals surface area contributed by atoms with Gasteiger partial charge in [-0.15, -0.1) is 0 Å². The van der Waals surface area contributed by atoms with Crippen molar-refractivity contribution >= 4 is 21.5 Å². The van der Waals surface area contributed by atoms with E-state index < -0.39 is 40.0 Å². The Morgan fingerprint density at radius 2 is 1.82 bits per heavy atom. The summed E-state index contributed by atoms with van der Waals surface area (Å²) in [5, 5.41) is 0. The molecule has 0 aliphatic carbocycles. The first-order chi connectivity index (χ1) is 15.6. The van der Waals surface area contributed by atoms with Crippen molar-refractivity contribution in [3.8, 4) is 0 Å². The lowest BCUT2D eigenvalue weighted by Gasteiger charge is -2.25. The maximum atomic E-state index is 13.1. The SMILES string of the molecule is CCCCOP(=O)(O)O[C@H]1C[C@H](n2ccc(N)nc2=O)O[C@@H]1OP(=O)(OCC)OCCCC. The molecule has 2 rings (SSSR count). The van der Waals surface area contributed by atoms with Crippen LogP contribution in [-0.2, 0) is 36.5 Å². The van der Waals surface area contributed by atoms with Gasteiger partial charge >= 0.3 is 21.3 Å². The van der Waals surface area contributed by atoms with Crippen LogP contribution >= 0.6 is 15.6 Å². The molecule has 15 heteroatoms. The van der Waals surface area contributed by atoms with Crippen LogP contribution in [0.15, 0.2) is 17.1 Å². The molecule has 2 heterocycles. The van der Waals surface area contributed by atoms with E-state index >= 15 is 0 Å². The summed E-state index contributed by atoms with van der Waals surface area (Å²) in [4.78, 5) is 26.0. The van der Waals surface area contributed by atoms with Crippen molar-refractivity contribution in [2.45, 2.75) is 71.5 Å². The second-order valence-corrected chi connectivity index (χ2v) is 10.2. The van der Waals surface area contributed by atoms with Crippen LogP contribution in [-0.4, -0.2) is 46.7 Å². The molecule has 0 spiro atoms. The molecular weight excluding hydrogens is 480 g/mol. The van der Waals surface area contributed by atoms with Gasteiger partial charge in [-0.1, -0.05) is 26.7 Å². The fourth-order valence-electron chi connectivity index (χ4n) is 2.85. The second-order valence-electron chi connectivity index (χ2n) is 7.19. The van der Waals surface area contributed by atoms with Crippen molar-refractivity contribution in [1.29, 1.82) is 0 Å². The van der Waals surface area contributed by atoms with E-state index in [9.17, 15) is 18.8 Å². The van der Waals surface area contributed by atoms with Gasteiger partial charge in [0.05, 0.1) is 19.8 Å². The van der Waals surface area contributed by atoms with Gasteiger partial charge in [0.1, 0.15) is 18.1 Å². The average Bonchev–Trinajstić information content (AvgIpc) is 3.09. The Morgan fingerprint density at radius 1 is 1.15 bits per heavy atom. The highest BCUT2D eigenvalue weighted by atomic mass is 31.2. The summed E-state index contributed by atoms with van der Waals surface area (Å²) in [7, 11) is -8.61. The summed E-state index contributed by atoms with van der Waals surface area (Å²) in [5.74, 6) is 0.0178. The van der Waals surface area contributed by atoms with Gasteiger partial charge in [-0.05, 0) is 25.8 Å². The molecule has 3 N–H and O–H groups in total. The predicted molar refractivity (Wildman–Crippen MR) is 118 cm³/mol. The van der Waals surface area contributed by atoms with Crippen molar-refractivity contribution in [2.24, 2.45) is 0 Å². The predicted octanol–water partition coefficient (Wildman–Crippen LogP) is 3.35. The molecule has 33 heavy (non-hydrogen) atoms. The standard InChI is InChI=1S/C18H33N3O10P2/c1-4-7-11-27-32(23,24)30-14-13-16(21-10-9-15(19)20-18(21)22)29-17(14)31-33(25,26-6-3)28-12-8-5-2/h9-10,14,16-17H,4-8,11-13H2,1-3H3,(H,23,24)(H2,19,20,22)/t14-,16+,17+,33?/m0/s1. The van der Waals surface area contributed by atoms with Crippen LogP contribution in [0.25, 0.3) is 0 Å². The van der Waals surface area contributed by atoms with E-state index in [0.29, 0.717) is 12.8 Å². The number of nitrogens with two attached hydrogens (primary N) is 1. The number of nitrogens with zero attached hydrogens (tertiary/aromatic N) is 2. The van der Waals surface area contributed by atoms with Gasteiger partial charge in [0.15, 0.2) is 6.29 Å². The largest absolute Gasteiger partial charge is 0.477 e. The lowest BCUT2D eigenvalue weighted by atomic mass is 10.2. The molecule has 0 amide bonds. The zero-order valence-corrected chi connectivity index (χ0v) is 20.8. The van der Waals surface area contributed by atoms with E-state index in [4.69, 9.17) is 33.1 Å². The molecule has 1 aliphatic heterocycles. The van der Waals surface area contributed by atoms with Crippen LogP contribution in [0.4, 0.5) is 5.82 Å². The van der Waals surface area contributed by atoms with Crippen molar-refractivity contribution in [3.05, 3.63) is 22.7 Å². The summed E-state index contributed by atoms with van der Waals surface area (Å²) >= 11 is 0. The Hall–Kier alpha value is -1.14. The van der Waals surface area contributed by atoms with Crippen LogP contribution in [0.1, 0.15) is 59.1 Å². The zero-order chi connectivity index (χ0) is 24.5. The Labute approximate surface area is 192 Å². The lowest BCUT2D eigenvalue weighted by molar-refractivity contribution is -0.138. The van der Waals surface area contributed by atoms with Crippen molar-refractivity contribution < 1.29 is 41.4 Å². The van der Waals surface area contributed by atoms with E-state index in [-0.39, 0.29) is 32.1 Å². The molecule has 1 aromatic heterocycles. The Balaban J connectivity index is 2.24. The summed E-state index contributed by atoms with van der Waals surface area (Å²) in [6.07, 6.45) is 0.225. The van der Waals surface area contributed by atoms with Crippen LogP contribution in [0.3, 0.4) is 0 Å². The van der Waals surface area contributed by atoms with E-state index in [1.807, 2.05) is 13.8 Å². The van der Waals surface area contributed by atoms with Gasteiger partial charge in [-0.3, -0.25) is 27.2 Å².